The summed E-state index contributed by atoms with van der Waals surface area (Å²) in [4.78, 5) is 2.39. The third-order valence-electron chi connectivity index (χ3n) is 13.4. The van der Waals surface area contributed by atoms with E-state index in [4.69, 9.17) is 4.42 Å². The van der Waals surface area contributed by atoms with Gasteiger partial charge >= 0.3 is 0 Å². The first-order valence-corrected chi connectivity index (χ1v) is 19.9. The molecular formula is C44H39B10NO. The molecule has 0 aliphatic heterocycles. The lowest BCUT2D eigenvalue weighted by molar-refractivity contribution is 0.669. The van der Waals surface area contributed by atoms with Gasteiger partial charge < -0.3 is 9.32 Å². The monoisotopic (exact) mass is 707 g/mol. The summed E-state index contributed by atoms with van der Waals surface area (Å²) in [5, 5.41) is 7.08. The normalized spacial score (nSPS) is 11.6. The second-order valence-electron chi connectivity index (χ2n) is 16.1. The second kappa shape index (κ2) is 13.6. The minimum absolute atomic E-state index is 0.880. The van der Waals surface area contributed by atoms with Crippen LogP contribution < -0.4 is 59.5 Å². The summed E-state index contributed by atoms with van der Waals surface area (Å²) in [5.74, 6) is 0. The van der Waals surface area contributed by atoms with Crippen LogP contribution in [0.25, 0.3) is 65.7 Å². The molecule has 0 bridgehead atoms. The Morgan fingerprint density at radius 2 is 0.786 bits per heavy atom. The predicted octanol–water partition coefficient (Wildman–Crippen LogP) is -4.72. The first-order chi connectivity index (χ1) is 26.9. The van der Waals surface area contributed by atoms with Gasteiger partial charge in [0.05, 0.1) is 5.69 Å². The molecule has 0 saturated heterocycles. The third-order valence-corrected chi connectivity index (χ3v) is 13.4. The molecule has 0 N–H and O–H groups in total. The Bertz CT molecular complexity index is 2910. The summed E-state index contributed by atoms with van der Waals surface area (Å²) >= 11 is 0. The maximum absolute atomic E-state index is 6.71. The van der Waals surface area contributed by atoms with Gasteiger partial charge in [0.2, 0.25) is 0 Å². The van der Waals surface area contributed by atoms with Crippen LogP contribution in [0.15, 0.2) is 120 Å². The molecule has 0 aliphatic carbocycles. The Labute approximate surface area is 338 Å². The lowest BCUT2D eigenvalue weighted by Gasteiger charge is -2.26. The maximum atomic E-state index is 6.71. The molecule has 0 unspecified atom stereocenters. The smallest absolute Gasteiger partial charge is 0.159 e. The molecule has 256 valence electrons. The molecule has 12 heteroatoms. The van der Waals surface area contributed by atoms with Crippen molar-refractivity contribution in [1.82, 2.24) is 0 Å². The highest BCUT2D eigenvalue weighted by Gasteiger charge is 2.21. The predicted molar refractivity (Wildman–Crippen MR) is 276 cm³/mol. The van der Waals surface area contributed by atoms with Crippen molar-refractivity contribution in [3.63, 3.8) is 0 Å². The molecule has 9 rings (SSSR count). The molecule has 1 aromatic heterocycles. The van der Waals surface area contributed by atoms with E-state index in [1.54, 1.807) is 0 Å². The molecule has 56 heavy (non-hydrogen) atoms. The lowest BCUT2D eigenvalue weighted by atomic mass is 9.59. The summed E-state index contributed by atoms with van der Waals surface area (Å²) in [6, 6.07) is 42.5. The number of para-hydroxylation sites is 2. The number of rotatable bonds is 5. The number of anilines is 3. The van der Waals surface area contributed by atoms with E-state index < -0.39 is 0 Å². The number of furan rings is 1. The van der Waals surface area contributed by atoms with E-state index in [1.165, 1.54) is 98.4 Å². The van der Waals surface area contributed by atoms with Gasteiger partial charge in [-0.2, -0.15) is 0 Å². The van der Waals surface area contributed by atoms with Crippen molar-refractivity contribution in [2.75, 3.05) is 4.90 Å². The lowest BCUT2D eigenvalue weighted by Crippen LogP contribution is -2.55. The van der Waals surface area contributed by atoms with Gasteiger partial charge in [-0.3, -0.25) is 0 Å². The minimum atomic E-state index is 0.880. The molecule has 1 heterocycles. The van der Waals surface area contributed by atoms with Crippen LogP contribution in [0.1, 0.15) is 0 Å². The van der Waals surface area contributed by atoms with Crippen LogP contribution in [0.2, 0.25) is 0 Å². The van der Waals surface area contributed by atoms with Gasteiger partial charge in [0.1, 0.15) is 84.0 Å². The van der Waals surface area contributed by atoms with Crippen molar-refractivity contribution >= 4 is 194 Å². The Morgan fingerprint density at radius 3 is 1.29 bits per heavy atom. The second-order valence-corrected chi connectivity index (χ2v) is 16.1. The highest BCUT2D eigenvalue weighted by molar-refractivity contribution is 6.70. The summed E-state index contributed by atoms with van der Waals surface area (Å²) in [6.07, 6.45) is 0. The molecule has 0 atom stereocenters. The fraction of sp³-hybridized carbons (Fsp3) is 0. The van der Waals surface area contributed by atoms with Gasteiger partial charge in [-0.1, -0.05) is 88.6 Å². The Morgan fingerprint density at radius 1 is 0.357 bits per heavy atom. The van der Waals surface area contributed by atoms with E-state index in [0.717, 1.165) is 39.0 Å². The van der Waals surface area contributed by atoms with Crippen LogP contribution in [-0.2, 0) is 0 Å². The summed E-state index contributed by atoms with van der Waals surface area (Å²) in [5.41, 5.74) is 23.9. The van der Waals surface area contributed by atoms with Crippen LogP contribution in [-0.4, -0.2) is 78.5 Å². The molecule has 0 amide bonds. The molecule has 9 aromatic rings. The zero-order valence-corrected chi connectivity index (χ0v) is 34.3. The van der Waals surface area contributed by atoms with Crippen LogP contribution in [0.4, 0.5) is 17.1 Å². The molecule has 2 nitrogen and oxygen atoms in total. The molecule has 8 aromatic carbocycles. The number of hydrogen-bond acceptors (Lipinski definition) is 2. The molecule has 0 fully saturated rings. The number of benzene rings is 8. The van der Waals surface area contributed by atoms with Gasteiger partial charge in [-0.25, -0.2) is 0 Å². The molecule has 0 radical (unpaired) electrons. The first-order valence-electron chi connectivity index (χ1n) is 19.9. The zero-order valence-electron chi connectivity index (χ0n) is 34.3. The van der Waals surface area contributed by atoms with Crippen molar-refractivity contribution in [3.05, 3.63) is 115 Å². The standard InChI is InChI=1S/C44H39B10NO/c45-34-32(35(46)39(50)42(53)38(34)49)22-10-8-20-12-14-26(18-24(20)16-22)55(30-6-3-5-29-28-4-1-2-7-31(28)56-44(29)30)27-15-13-21-9-11-23(17-25(21)19-27)33-36(47)40(51)43(54)41(52)37(33)48/h1-19H,45-54H2. The Hall–Kier alpha value is -5.47. The topological polar surface area (TPSA) is 16.4 Å². The highest BCUT2D eigenvalue weighted by atomic mass is 16.3. The number of hydrogen-bond donors (Lipinski definition) is 0. The van der Waals surface area contributed by atoms with E-state index in [-0.39, 0.29) is 0 Å². The maximum Gasteiger partial charge on any atom is 0.159 e. The van der Waals surface area contributed by atoms with E-state index >= 15 is 0 Å². The van der Waals surface area contributed by atoms with Crippen molar-refractivity contribution in [1.29, 1.82) is 0 Å². The van der Waals surface area contributed by atoms with E-state index in [2.05, 4.69) is 193 Å². The average molecular weight is 706 g/mol. The van der Waals surface area contributed by atoms with Crippen molar-refractivity contribution in [3.8, 4) is 22.3 Å². The third kappa shape index (κ3) is 5.63. The molecule has 0 aliphatic rings. The fourth-order valence-electron chi connectivity index (χ4n) is 9.26. The summed E-state index contributed by atoms with van der Waals surface area (Å²) in [6.45, 7) is 0. The fourth-order valence-corrected chi connectivity index (χ4v) is 9.26. The summed E-state index contributed by atoms with van der Waals surface area (Å²) < 4.78 is 6.71. The molecule has 0 spiro atoms. The van der Waals surface area contributed by atoms with Gasteiger partial charge in [-0.15, -0.1) is 32.8 Å². The van der Waals surface area contributed by atoms with Crippen molar-refractivity contribution in [2.45, 2.75) is 0 Å². The van der Waals surface area contributed by atoms with Crippen LogP contribution >= 0.6 is 0 Å². The van der Waals surface area contributed by atoms with Crippen LogP contribution in [0.5, 0.6) is 0 Å². The molecule has 0 saturated carbocycles. The van der Waals surface area contributed by atoms with Crippen molar-refractivity contribution < 1.29 is 4.42 Å². The highest BCUT2D eigenvalue weighted by Crippen LogP contribution is 2.43. The van der Waals surface area contributed by atoms with Crippen molar-refractivity contribution in [2.24, 2.45) is 0 Å². The Kier molecular flexibility index (Phi) is 8.80. The van der Waals surface area contributed by atoms with Crippen LogP contribution in [0.3, 0.4) is 0 Å². The van der Waals surface area contributed by atoms with Crippen LogP contribution in [0, 0.1) is 0 Å². The van der Waals surface area contributed by atoms with E-state index in [9.17, 15) is 0 Å². The average Bonchev–Trinajstić information content (AvgIpc) is 3.60. The first kappa shape index (κ1) is 36.2. The van der Waals surface area contributed by atoms with Gasteiger partial charge in [-0.05, 0) is 92.3 Å². The largest absolute Gasteiger partial charge is 0.454 e. The van der Waals surface area contributed by atoms with E-state index in [1.807, 2.05) is 6.07 Å². The van der Waals surface area contributed by atoms with Gasteiger partial charge in [0, 0.05) is 22.1 Å². The number of fused-ring (bicyclic) bond motifs is 5. The quantitative estimate of drug-likeness (QED) is 0.168. The molecular weight excluding hydrogens is 667 g/mol. The zero-order chi connectivity index (χ0) is 39.2. The Balaban J connectivity index is 1.27. The van der Waals surface area contributed by atoms with Gasteiger partial charge in [0.15, 0.2) is 5.58 Å². The number of nitrogens with zero attached hydrogens (tertiary/aromatic N) is 1. The van der Waals surface area contributed by atoms with Gasteiger partial charge in [0.25, 0.3) is 0 Å². The minimum Gasteiger partial charge on any atom is -0.454 e. The van der Waals surface area contributed by atoms with E-state index in [0.29, 0.717) is 0 Å². The SMILES string of the molecule is Bc1c(B)c(B)c(-c2ccc3ccc(N(c4ccc5ccc(-c6c(B)c(B)c(B)c(B)c6B)cc5c4)c4cccc5c4oc4ccccc45)cc3c2)c(B)c1B. The summed E-state index contributed by atoms with van der Waals surface area (Å²) in [7, 11) is 22.6.